The molecule has 0 fully saturated rings. The van der Waals surface area contributed by atoms with Gasteiger partial charge in [0.1, 0.15) is 11.5 Å². The van der Waals surface area contributed by atoms with Crippen molar-refractivity contribution in [1.29, 1.82) is 0 Å². The summed E-state index contributed by atoms with van der Waals surface area (Å²) in [5.41, 5.74) is 1.50. The molecule has 0 spiro atoms. The lowest BCUT2D eigenvalue weighted by atomic mass is 10.2. The molecule has 0 aliphatic carbocycles. The van der Waals surface area contributed by atoms with Crippen LogP contribution in [0.5, 0.6) is 11.5 Å². The summed E-state index contributed by atoms with van der Waals surface area (Å²) in [5.74, 6) is 0.956. The number of aldehydes is 1. The van der Waals surface area contributed by atoms with Crippen molar-refractivity contribution < 1.29 is 18.8 Å². The number of benzene rings is 3. The van der Waals surface area contributed by atoms with Gasteiger partial charge in [0.15, 0.2) is 6.29 Å². The zero-order chi connectivity index (χ0) is 19.1. The lowest BCUT2D eigenvalue weighted by Crippen LogP contribution is -2.15. The quantitative estimate of drug-likeness (QED) is 0.436. The Morgan fingerprint density at radius 1 is 0.815 bits per heavy atom. The smallest absolute Gasteiger partial charge is 0.157 e. The van der Waals surface area contributed by atoms with E-state index in [2.05, 4.69) is 0 Å². The van der Waals surface area contributed by atoms with Gasteiger partial charge in [-0.15, -0.1) is 0 Å². The molecule has 1 atom stereocenters. The van der Waals surface area contributed by atoms with Gasteiger partial charge in [0.2, 0.25) is 0 Å². The van der Waals surface area contributed by atoms with Gasteiger partial charge in [0, 0.05) is 10.6 Å². The molecule has 3 rings (SSSR count). The maximum atomic E-state index is 11.4. The summed E-state index contributed by atoms with van der Waals surface area (Å²) in [6, 6.07) is 23.8. The van der Waals surface area contributed by atoms with Gasteiger partial charge < -0.3 is 14.0 Å². The van der Waals surface area contributed by atoms with Crippen molar-refractivity contribution in [1.82, 2.24) is 0 Å². The fraction of sp³-hybridized carbons (Fsp3) is 0.136. The molecule has 0 saturated carbocycles. The molecule has 3 aromatic rings. The largest absolute Gasteiger partial charge is 0.496 e. The van der Waals surface area contributed by atoms with Gasteiger partial charge in [-0.25, -0.2) is 0 Å². The Labute approximate surface area is 160 Å². The topological polar surface area (TPSA) is 44.8 Å². The molecule has 0 bridgehead atoms. The van der Waals surface area contributed by atoms with Crippen LogP contribution in [0, 0.1) is 0 Å². The Balaban J connectivity index is 2.01. The van der Waals surface area contributed by atoms with Crippen LogP contribution in [0.1, 0.15) is 15.9 Å². The van der Waals surface area contributed by atoms with E-state index in [0.717, 1.165) is 22.5 Å². The van der Waals surface area contributed by atoms with Gasteiger partial charge in [-0.05, 0) is 17.7 Å². The van der Waals surface area contributed by atoms with Crippen LogP contribution >= 0.6 is 8.15 Å². The second-order valence-electron chi connectivity index (χ2n) is 5.77. The highest BCUT2D eigenvalue weighted by molar-refractivity contribution is 7.68. The Bertz CT molecular complexity index is 856. The third kappa shape index (κ3) is 4.54. The average Bonchev–Trinajstić information content (AvgIpc) is 2.74. The van der Waals surface area contributed by atoms with E-state index < -0.39 is 8.15 Å². The second-order valence-corrected chi connectivity index (χ2v) is 7.65. The maximum Gasteiger partial charge on any atom is 0.157 e. The van der Waals surface area contributed by atoms with E-state index in [0.29, 0.717) is 23.7 Å². The summed E-state index contributed by atoms with van der Waals surface area (Å²) < 4.78 is 17.2. The van der Waals surface area contributed by atoms with Crippen LogP contribution in [-0.2, 0) is 11.1 Å². The van der Waals surface area contributed by atoms with E-state index in [1.54, 1.807) is 14.2 Å². The van der Waals surface area contributed by atoms with E-state index in [-0.39, 0.29) is 0 Å². The predicted octanol–water partition coefficient (Wildman–Crippen LogP) is 4.08. The highest BCUT2D eigenvalue weighted by Gasteiger charge is 2.20. The lowest BCUT2D eigenvalue weighted by Gasteiger charge is -2.21. The molecule has 0 heterocycles. The van der Waals surface area contributed by atoms with Crippen LogP contribution in [0.25, 0.3) is 0 Å². The number of carbonyl (C=O) groups is 1. The van der Waals surface area contributed by atoms with Gasteiger partial charge in [-0.3, -0.25) is 4.79 Å². The molecular formula is C22H21O4P. The Hall–Kier alpha value is -2.68. The van der Waals surface area contributed by atoms with Crippen molar-refractivity contribution in [2.45, 2.75) is 6.61 Å². The fourth-order valence-corrected chi connectivity index (χ4v) is 4.52. The molecular weight excluding hydrogens is 359 g/mol. The van der Waals surface area contributed by atoms with Gasteiger partial charge in [-0.2, -0.15) is 0 Å². The summed E-state index contributed by atoms with van der Waals surface area (Å²) in [6.07, 6.45) is 0.747. The standard InChI is InChI=1S/C22H21O4P/c1-24-21-13-19(14-22(25-2)20(21)15-23)27(18-11-7-4-8-12-18)26-16-17-9-5-3-6-10-17/h3-15H,16H2,1-2H3. The van der Waals surface area contributed by atoms with E-state index in [1.807, 2.05) is 72.8 Å². The van der Waals surface area contributed by atoms with E-state index in [9.17, 15) is 4.79 Å². The minimum atomic E-state index is -1.11. The minimum absolute atomic E-state index is 0.398. The van der Waals surface area contributed by atoms with Crippen LogP contribution in [0.2, 0.25) is 0 Å². The monoisotopic (exact) mass is 380 g/mol. The number of methoxy groups -OCH3 is 2. The molecule has 0 aliphatic heterocycles. The number of carbonyl (C=O) groups excluding carboxylic acids is 1. The second kappa shape index (κ2) is 9.31. The summed E-state index contributed by atoms with van der Waals surface area (Å²) in [7, 11) is 1.97. The van der Waals surface area contributed by atoms with Gasteiger partial charge in [0.25, 0.3) is 0 Å². The highest BCUT2D eigenvalue weighted by atomic mass is 31.1. The molecule has 1 unspecified atom stereocenters. The van der Waals surface area contributed by atoms with E-state index in [1.165, 1.54) is 0 Å². The molecule has 0 amide bonds. The van der Waals surface area contributed by atoms with Crippen LogP contribution in [0.3, 0.4) is 0 Å². The normalized spacial score (nSPS) is 11.6. The fourth-order valence-electron chi connectivity index (χ4n) is 2.73. The number of hydrogen-bond donors (Lipinski definition) is 0. The summed E-state index contributed by atoms with van der Waals surface area (Å²) in [6.45, 7) is 0.488. The van der Waals surface area contributed by atoms with Crippen molar-refractivity contribution in [3.8, 4) is 11.5 Å². The van der Waals surface area contributed by atoms with Gasteiger partial charge >= 0.3 is 0 Å². The predicted molar refractivity (Wildman–Crippen MR) is 109 cm³/mol. The molecule has 27 heavy (non-hydrogen) atoms. The van der Waals surface area contributed by atoms with Gasteiger partial charge in [-0.1, -0.05) is 60.7 Å². The first-order chi connectivity index (χ1) is 13.3. The van der Waals surface area contributed by atoms with Crippen molar-refractivity contribution in [3.63, 3.8) is 0 Å². The first-order valence-corrected chi connectivity index (χ1v) is 9.76. The molecule has 138 valence electrons. The highest BCUT2D eigenvalue weighted by Crippen LogP contribution is 2.39. The summed E-state index contributed by atoms with van der Waals surface area (Å²) in [5, 5.41) is 2.00. The zero-order valence-electron chi connectivity index (χ0n) is 15.3. The molecule has 0 saturated heterocycles. The summed E-state index contributed by atoms with van der Waals surface area (Å²) >= 11 is 0. The number of ether oxygens (including phenoxy) is 2. The van der Waals surface area contributed by atoms with Crippen molar-refractivity contribution in [3.05, 3.63) is 83.9 Å². The molecule has 0 N–H and O–H groups in total. The van der Waals surface area contributed by atoms with Crippen LogP contribution < -0.4 is 20.1 Å². The SMILES string of the molecule is COc1cc(P(OCc2ccccc2)c2ccccc2)cc(OC)c1C=O. The molecule has 0 radical (unpaired) electrons. The molecule has 0 aliphatic rings. The zero-order valence-corrected chi connectivity index (χ0v) is 16.2. The van der Waals surface area contributed by atoms with Crippen LogP contribution in [0.4, 0.5) is 0 Å². The molecule has 5 heteroatoms. The van der Waals surface area contributed by atoms with Gasteiger partial charge in [0.05, 0.1) is 34.5 Å². The van der Waals surface area contributed by atoms with Crippen molar-refractivity contribution in [2.24, 2.45) is 0 Å². The first-order valence-electron chi connectivity index (χ1n) is 8.50. The third-order valence-corrected chi connectivity index (χ3v) is 5.96. The maximum absolute atomic E-state index is 11.4. The molecule has 3 aromatic carbocycles. The number of hydrogen-bond acceptors (Lipinski definition) is 4. The summed E-state index contributed by atoms with van der Waals surface area (Å²) in [4.78, 5) is 11.4. The number of rotatable bonds is 8. The van der Waals surface area contributed by atoms with E-state index in [4.69, 9.17) is 14.0 Å². The first kappa shape index (κ1) is 19.1. The van der Waals surface area contributed by atoms with Crippen LogP contribution in [-0.4, -0.2) is 20.5 Å². The lowest BCUT2D eigenvalue weighted by molar-refractivity contribution is 0.111. The van der Waals surface area contributed by atoms with Crippen LogP contribution in [0.15, 0.2) is 72.8 Å². The van der Waals surface area contributed by atoms with Crippen molar-refractivity contribution >= 4 is 25.0 Å². The Morgan fingerprint density at radius 3 is 1.89 bits per heavy atom. The third-order valence-electron chi connectivity index (χ3n) is 4.07. The van der Waals surface area contributed by atoms with Crippen molar-refractivity contribution in [2.75, 3.05) is 14.2 Å². The Kier molecular flexibility index (Phi) is 6.59. The molecule has 4 nitrogen and oxygen atoms in total. The average molecular weight is 380 g/mol. The Morgan fingerprint density at radius 2 is 1.37 bits per heavy atom. The molecule has 0 aromatic heterocycles. The minimum Gasteiger partial charge on any atom is -0.496 e. The van der Waals surface area contributed by atoms with E-state index >= 15 is 0 Å².